The highest BCUT2D eigenvalue weighted by Crippen LogP contribution is 2.49. The SMILES string of the molecule is CCCCCCCCOc1cccc(OCCCCCCCC)c1-c1c2nc(c(C#Cc3ccc4cc(-c5ccc(OCCCCCC)cc5OCCCCCC)c5ccc6c(-c7ccc(OCCCCCC)cc7OCCCCCC)cc3c4n56)c3ccc([nH]3)c(-c3c(OCCCCCCCC)cccc3OCCCCCCCC)c3nc(c(C#Cc4ccc(C(=O)O)cc4)c4ccc1[nH]4)C=C3)C=C2. The molecule has 0 unspecified atom stereocenters. The number of rotatable bonds is 61. The number of ether oxygens (including phenoxy) is 8. The number of aromatic carboxylic acids is 1. The molecular weight excluding hydrogens is 1730 g/mol. The maximum atomic E-state index is 12.3. The Morgan fingerprint density at radius 2 is 0.636 bits per heavy atom. The number of benzene rings is 6. The van der Waals surface area contributed by atoms with E-state index in [1.54, 1.807) is 24.3 Å². The molecule has 6 aromatic heterocycles. The van der Waals surface area contributed by atoms with Crippen LogP contribution in [0.25, 0.3) is 118 Å². The van der Waals surface area contributed by atoms with Crippen LogP contribution in [0.1, 0.15) is 368 Å². The van der Waals surface area contributed by atoms with Gasteiger partial charge < -0.3 is 57.4 Å². The predicted octanol–water partition coefficient (Wildman–Crippen LogP) is 34.6. The number of hydrogen-bond donors (Lipinski definition) is 3. The van der Waals surface area contributed by atoms with Crippen molar-refractivity contribution in [1.82, 2.24) is 24.3 Å². The van der Waals surface area contributed by atoms with Crippen LogP contribution in [0.15, 0.2) is 158 Å². The van der Waals surface area contributed by atoms with Crippen molar-refractivity contribution in [2.75, 3.05) is 52.9 Å². The monoisotopic (exact) mass is 1880 g/mol. The molecule has 0 aliphatic carbocycles. The molecule has 0 radical (unpaired) electrons. The van der Waals surface area contributed by atoms with Gasteiger partial charge in [-0.25, -0.2) is 14.8 Å². The fourth-order valence-electron chi connectivity index (χ4n) is 19.2. The zero-order valence-electron chi connectivity index (χ0n) is 85.2. The average molecular weight is 1890 g/mol. The second-order valence-corrected chi connectivity index (χ2v) is 38.1. The van der Waals surface area contributed by atoms with Crippen molar-refractivity contribution in [3.8, 4) is 114 Å². The van der Waals surface area contributed by atoms with Crippen LogP contribution < -0.4 is 37.9 Å². The van der Waals surface area contributed by atoms with Gasteiger partial charge in [-0.15, -0.1) is 0 Å². The molecule has 8 bridgehead atoms. The molecule has 6 aromatic carbocycles. The quantitative estimate of drug-likeness (QED) is 0.0244. The van der Waals surface area contributed by atoms with Crippen molar-refractivity contribution in [2.45, 2.75) is 312 Å². The number of carboxylic acids is 1. The molecule has 3 N–H and O–H groups in total. The molecule has 0 amide bonds. The van der Waals surface area contributed by atoms with E-state index in [0.29, 0.717) is 121 Å². The van der Waals surface area contributed by atoms with Crippen molar-refractivity contribution in [1.29, 1.82) is 0 Å². The summed E-state index contributed by atoms with van der Waals surface area (Å²) in [5.41, 5.74) is 18.6. The lowest BCUT2D eigenvalue weighted by molar-refractivity contribution is 0.0696. The van der Waals surface area contributed by atoms with Gasteiger partial charge in [-0.3, -0.25) is 0 Å². The third kappa shape index (κ3) is 28.1. The van der Waals surface area contributed by atoms with Crippen LogP contribution in [0.5, 0.6) is 46.0 Å². The van der Waals surface area contributed by atoms with Gasteiger partial charge in [0, 0.05) is 73.1 Å². The minimum atomic E-state index is -1.01. The number of fused-ring (bicyclic) bond motifs is 8. The summed E-state index contributed by atoms with van der Waals surface area (Å²) in [6.45, 7) is 22.5. The number of hydrogen-bond acceptors (Lipinski definition) is 11. The van der Waals surface area contributed by atoms with Crippen molar-refractivity contribution in [3.63, 3.8) is 0 Å². The second kappa shape index (κ2) is 55.6. The maximum Gasteiger partial charge on any atom is 0.335 e. The van der Waals surface area contributed by atoms with Crippen LogP contribution in [0.3, 0.4) is 0 Å². The Balaban J connectivity index is 1.05. The molecule has 8 heterocycles. The molecule has 0 spiro atoms. The molecular formula is C125H153N5O10. The van der Waals surface area contributed by atoms with E-state index in [1.807, 2.05) is 0 Å². The third-order valence-corrected chi connectivity index (χ3v) is 27.1. The highest BCUT2D eigenvalue weighted by atomic mass is 16.5. The van der Waals surface area contributed by atoms with Gasteiger partial charge in [-0.05, 0) is 208 Å². The first kappa shape index (κ1) is 104. The number of aromatic nitrogens is 5. The second-order valence-electron chi connectivity index (χ2n) is 38.1. The summed E-state index contributed by atoms with van der Waals surface area (Å²) in [7, 11) is 0. The lowest BCUT2D eigenvalue weighted by atomic mass is 9.95. The molecule has 2 aliphatic rings. The molecule has 0 atom stereocenters. The van der Waals surface area contributed by atoms with E-state index in [1.165, 1.54) is 89.9 Å². The number of unbranched alkanes of at least 4 members (excludes halogenated alkanes) is 32. The number of carboxylic acid groups (broad SMARTS) is 1. The zero-order chi connectivity index (χ0) is 97.3. The molecule has 738 valence electrons. The van der Waals surface area contributed by atoms with Crippen LogP contribution in [-0.2, 0) is 0 Å². The van der Waals surface area contributed by atoms with Crippen LogP contribution >= 0.6 is 0 Å². The molecule has 14 rings (SSSR count). The van der Waals surface area contributed by atoms with Gasteiger partial charge in [-0.1, -0.05) is 303 Å². The molecule has 140 heavy (non-hydrogen) atoms. The van der Waals surface area contributed by atoms with E-state index < -0.39 is 5.97 Å². The number of nitrogens with zero attached hydrogens (tertiary/aromatic N) is 3. The average Bonchev–Trinajstić information content (AvgIpc) is 1.13. The number of aromatic amines is 2. The Labute approximate surface area is 834 Å². The first-order valence-corrected chi connectivity index (χ1v) is 54.0. The maximum absolute atomic E-state index is 12.3. The number of H-pyrrole nitrogens is 2. The van der Waals surface area contributed by atoms with Crippen molar-refractivity contribution < 1.29 is 47.8 Å². The van der Waals surface area contributed by atoms with E-state index in [-0.39, 0.29) is 5.56 Å². The lowest BCUT2D eigenvalue weighted by Gasteiger charge is -2.20. The highest BCUT2D eigenvalue weighted by molar-refractivity contribution is 6.11. The van der Waals surface area contributed by atoms with E-state index in [9.17, 15) is 9.90 Å². The van der Waals surface area contributed by atoms with Crippen LogP contribution in [0.4, 0.5) is 0 Å². The van der Waals surface area contributed by atoms with Crippen molar-refractivity contribution in [3.05, 3.63) is 208 Å². The topological polar surface area (TPSA) is 173 Å². The fourth-order valence-corrected chi connectivity index (χ4v) is 19.2. The molecule has 15 nitrogen and oxygen atoms in total. The third-order valence-electron chi connectivity index (χ3n) is 27.1. The Morgan fingerprint density at radius 1 is 0.300 bits per heavy atom. The van der Waals surface area contributed by atoms with Crippen LogP contribution in [0, 0.1) is 23.7 Å². The fraction of sp³-hybridized carbons (Fsp3) is 0.448. The Kier molecular flexibility index (Phi) is 41.1. The van der Waals surface area contributed by atoms with Crippen molar-refractivity contribution in [2.24, 2.45) is 0 Å². The standard InChI is InChI=1S/C125H153N5O10/c1-9-17-25-33-37-45-81-135-114-51-49-52-115(136-82-46-38-34-26-18-10-2)122(114)120-108-73-69-104(126-108)99(65-57-91-55-58-93(59-56-91)125(131)132)105-70-74-109(127-105)121(123-116(137-83-47-39-35-27-19-11-3)53-50-54-117(123)138-84-48-40-36-28-20-12-4)111-76-72-107(129-111)100(106-71-75-110(120)128-106)66-62-92-60-61-94-87-102(97-67-63-95(133-79-41-29-21-13-5)88-118(97)139-85-43-31-23-15-7)112-77-78-113-103(90-101(92)124(94)130(112)113)98-68-64-96(134-80-42-30-22-14-6)89-119(98)140-86-44-32-24-16-8/h49-56,58-61,63-64,67-78,87-90,126,129H,9-48,79-86H2,1-8H3,(H,131,132). The van der Waals surface area contributed by atoms with Gasteiger partial charge in [0.05, 0.1) is 131 Å². The zero-order valence-corrected chi connectivity index (χ0v) is 85.2. The van der Waals surface area contributed by atoms with Gasteiger partial charge in [0.25, 0.3) is 0 Å². The van der Waals surface area contributed by atoms with E-state index >= 15 is 0 Å². The molecule has 15 heteroatoms. The van der Waals surface area contributed by atoms with E-state index in [2.05, 4.69) is 251 Å². The number of carbonyl (C=O) groups is 1. The van der Waals surface area contributed by atoms with E-state index in [4.69, 9.17) is 47.9 Å². The smallest absolute Gasteiger partial charge is 0.335 e. The first-order valence-electron chi connectivity index (χ1n) is 54.0. The molecule has 2 aliphatic heterocycles. The summed E-state index contributed by atoms with van der Waals surface area (Å²) in [5.74, 6) is 19.9. The lowest BCUT2D eigenvalue weighted by Crippen LogP contribution is -2.04. The largest absolute Gasteiger partial charge is 0.493 e. The van der Waals surface area contributed by atoms with Gasteiger partial charge in [-0.2, -0.15) is 0 Å². The first-order chi connectivity index (χ1) is 69.0. The summed E-state index contributed by atoms with van der Waals surface area (Å²) in [6.07, 6.45) is 52.5. The number of pyridine rings is 2. The Morgan fingerprint density at radius 3 is 1.02 bits per heavy atom. The summed E-state index contributed by atoms with van der Waals surface area (Å²) in [6, 6.07) is 54.3. The summed E-state index contributed by atoms with van der Waals surface area (Å²) < 4.78 is 58.3. The summed E-state index contributed by atoms with van der Waals surface area (Å²) >= 11 is 0. The van der Waals surface area contributed by atoms with Crippen LogP contribution in [-0.4, -0.2) is 88.3 Å². The Bertz CT molecular complexity index is 6190. The molecule has 12 aromatic rings. The van der Waals surface area contributed by atoms with Gasteiger partial charge in [0.1, 0.15) is 46.0 Å². The van der Waals surface area contributed by atoms with E-state index in [0.717, 1.165) is 284 Å². The van der Waals surface area contributed by atoms with Crippen molar-refractivity contribution >= 4 is 79.7 Å². The summed E-state index contributed by atoms with van der Waals surface area (Å²) in [5, 5.41) is 12.1. The summed E-state index contributed by atoms with van der Waals surface area (Å²) in [4.78, 5) is 32.1. The van der Waals surface area contributed by atoms with Gasteiger partial charge in [0.15, 0.2) is 0 Å². The Hall–Kier alpha value is -12.3. The van der Waals surface area contributed by atoms with Crippen LogP contribution in [0.2, 0.25) is 0 Å². The minimum Gasteiger partial charge on any atom is -0.493 e. The predicted molar refractivity (Wildman–Crippen MR) is 584 cm³/mol. The molecule has 0 fully saturated rings. The highest BCUT2D eigenvalue weighted by Gasteiger charge is 2.28. The van der Waals surface area contributed by atoms with Gasteiger partial charge in [0.2, 0.25) is 0 Å². The molecule has 0 saturated heterocycles. The normalized spacial score (nSPS) is 11.7. The number of nitrogens with one attached hydrogen (secondary N) is 2. The minimum absolute atomic E-state index is 0.176. The molecule has 0 saturated carbocycles. The van der Waals surface area contributed by atoms with Gasteiger partial charge >= 0.3 is 5.97 Å².